The molecule has 0 amide bonds. The molecule has 2 aromatic rings. The quantitative estimate of drug-likeness (QED) is 0.911. The summed E-state index contributed by atoms with van der Waals surface area (Å²) < 4.78 is 16.8. The van der Waals surface area contributed by atoms with E-state index in [1.165, 1.54) is 6.07 Å². The second kappa shape index (κ2) is 6.30. The van der Waals surface area contributed by atoms with E-state index in [1.54, 1.807) is 12.3 Å². The molecule has 1 heterocycles. The number of hydrogen-bond acceptors (Lipinski definition) is 2. The van der Waals surface area contributed by atoms with Crippen molar-refractivity contribution in [3.05, 3.63) is 52.0 Å². The highest BCUT2D eigenvalue weighted by molar-refractivity contribution is 9.10. The van der Waals surface area contributed by atoms with E-state index in [4.69, 9.17) is 0 Å². The van der Waals surface area contributed by atoms with E-state index in [1.807, 2.05) is 30.7 Å². The van der Waals surface area contributed by atoms with E-state index < -0.39 is 0 Å². The van der Waals surface area contributed by atoms with Crippen LogP contribution in [0.2, 0.25) is 0 Å². The summed E-state index contributed by atoms with van der Waals surface area (Å²) in [6.45, 7) is 5.53. The van der Waals surface area contributed by atoms with Crippen LogP contribution in [0.25, 0.3) is 0 Å². The third kappa shape index (κ3) is 2.87. The Kier molecular flexibility index (Phi) is 4.71. The number of benzene rings is 1. The highest BCUT2D eigenvalue weighted by atomic mass is 79.9. The number of nitrogens with one attached hydrogen (secondary N) is 1. The topological polar surface area (TPSA) is 29.9 Å². The van der Waals surface area contributed by atoms with E-state index in [2.05, 4.69) is 26.3 Å². The van der Waals surface area contributed by atoms with Crippen LogP contribution in [0, 0.1) is 5.82 Å². The summed E-state index contributed by atoms with van der Waals surface area (Å²) in [6.07, 6.45) is 1.75. The smallest absolute Gasteiger partial charge is 0.128 e. The summed E-state index contributed by atoms with van der Waals surface area (Å²) in [6, 6.07) is 6.64. The molecular formula is C14H17BrFN3. The molecule has 19 heavy (non-hydrogen) atoms. The Balaban J connectivity index is 2.51. The maximum atomic E-state index is 14.0. The molecule has 0 aliphatic rings. The SMILES string of the molecule is CCNC(c1ccccc1F)c1c(Br)cnn1CC. The van der Waals surface area contributed by atoms with Crippen molar-refractivity contribution in [2.75, 3.05) is 6.54 Å². The van der Waals surface area contributed by atoms with E-state index in [0.717, 1.165) is 23.3 Å². The van der Waals surface area contributed by atoms with Gasteiger partial charge in [-0.1, -0.05) is 25.1 Å². The molecule has 0 aliphatic heterocycles. The fraction of sp³-hybridized carbons (Fsp3) is 0.357. The Hall–Kier alpha value is -1.20. The molecule has 0 radical (unpaired) electrons. The molecule has 1 N–H and O–H groups in total. The summed E-state index contributed by atoms with van der Waals surface area (Å²) in [7, 11) is 0. The molecule has 0 aliphatic carbocycles. The van der Waals surface area contributed by atoms with E-state index >= 15 is 0 Å². The van der Waals surface area contributed by atoms with Gasteiger partial charge in [-0.2, -0.15) is 5.10 Å². The van der Waals surface area contributed by atoms with Crippen molar-refractivity contribution in [3.8, 4) is 0 Å². The maximum Gasteiger partial charge on any atom is 0.128 e. The molecule has 102 valence electrons. The van der Waals surface area contributed by atoms with Crippen LogP contribution in [-0.2, 0) is 6.54 Å². The van der Waals surface area contributed by atoms with E-state index in [9.17, 15) is 4.39 Å². The Morgan fingerprint density at radius 2 is 2.11 bits per heavy atom. The van der Waals surface area contributed by atoms with Gasteiger partial charge in [-0.05, 0) is 35.5 Å². The van der Waals surface area contributed by atoms with E-state index in [-0.39, 0.29) is 11.9 Å². The van der Waals surface area contributed by atoms with Crippen molar-refractivity contribution < 1.29 is 4.39 Å². The van der Waals surface area contributed by atoms with Crippen molar-refractivity contribution in [1.82, 2.24) is 15.1 Å². The zero-order valence-corrected chi connectivity index (χ0v) is 12.6. The van der Waals surface area contributed by atoms with Crippen LogP contribution in [0.5, 0.6) is 0 Å². The van der Waals surface area contributed by atoms with Gasteiger partial charge >= 0.3 is 0 Å². The first kappa shape index (κ1) is 14.2. The molecule has 0 saturated heterocycles. The summed E-state index contributed by atoms with van der Waals surface area (Å²) in [5, 5.41) is 7.63. The monoisotopic (exact) mass is 325 g/mol. The second-order valence-corrected chi connectivity index (χ2v) is 5.06. The summed E-state index contributed by atoms with van der Waals surface area (Å²) >= 11 is 3.50. The molecule has 0 saturated carbocycles. The minimum Gasteiger partial charge on any atom is -0.305 e. The molecule has 0 bridgehead atoms. The first-order valence-corrected chi connectivity index (χ1v) is 7.17. The van der Waals surface area contributed by atoms with Gasteiger partial charge in [-0.3, -0.25) is 4.68 Å². The van der Waals surface area contributed by atoms with Crippen LogP contribution in [0.3, 0.4) is 0 Å². The van der Waals surface area contributed by atoms with E-state index in [0.29, 0.717) is 5.56 Å². The molecule has 1 unspecified atom stereocenters. The lowest BCUT2D eigenvalue weighted by molar-refractivity contribution is 0.514. The zero-order valence-electron chi connectivity index (χ0n) is 11.0. The van der Waals surface area contributed by atoms with Crippen LogP contribution < -0.4 is 5.32 Å². The zero-order chi connectivity index (χ0) is 13.8. The van der Waals surface area contributed by atoms with Gasteiger partial charge in [0.15, 0.2) is 0 Å². The predicted octanol–water partition coefficient (Wildman–Crippen LogP) is 3.50. The summed E-state index contributed by atoms with van der Waals surface area (Å²) in [5.74, 6) is -0.204. The highest BCUT2D eigenvalue weighted by Gasteiger charge is 2.23. The molecule has 1 aromatic heterocycles. The van der Waals surface area contributed by atoms with Crippen molar-refractivity contribution >= 4 is 15.9 Å². The van der Waals surface area contributed by atoms with Crippen LogP contribution in [0.1, 0.15) is 31.1 Å². The molecule has 0 fully saturated rings. The average molecular weight is 326 g/mol. The van der Waals surface area contributed by atoms with Crippen LogP contribution in [-0.4, -0.2) is 16.3 Å². The molecule has 1 atom stereocenters. The molecular weight excluding hydrogens is 309 g/mol. The Morgan fingerprint density at radius 3 is 2.74 bits per heavy atom. The number of hydrogen-bond donors (Lipinski definition) is 1. The number of rotatable bonds is 5. The maximum absolute atomic E-state index is 14.0. The lowest BCUT2D eigenvalue weighted by Gasteiger charge is -2.20. The molecule has 5 heteroatoms. The lowest BCUT2D eigenvalue weighted by Crippen LogP contribution is -2.26. The number of halogens is 2. The minimum absolute atomic E-state index is 0.204. The number of nitrogens with zero attached hydrogens (tertiary/aromatic N) is 2. The molecule has 2 rings (SSSR count). The van der Waals surface area contributed by atoms with Gasteiger partial charge in [0.2, 0.25) is 0 Å². The van der Waals surface area contributed by atoms with Gasteiger partial charge in [-0.15, -0.1) is 0 Å². The Morgan fingerprint density at radius 1 is 1.37 bits per heavy atom. The molecule has 3 nitrogen and oxygen atoms in total. The third-order valence-corrected chi connectivity index (χ3v) is 3.64. The average Bonchev–Trinajstić information content (AvgIpc) is 2.78. The van der Waals surface area contributed by atoms with Gasteiger partial charge < -0.3 is 5.32 Å². The van der Waals surface area contributed by atoms with Gasteiger partial charge in [-0.25, -0.2) is 4.39 Å². The van der Waals surface area contributed by atoms with Crippen molar-refractivity contribution in [2.45, 2.75) is 26.4 Å². The minimum atomic E-state index is -0.206. The second-order valence-electron chi connectivity index (χ2n) is 4.21. The van der Waals surface area contributed by atoms with Crippen LogP contribution >= 0.6 is 15.9 Å². The lowest BCUT2D eigenvalue weighted by atomic mass is 10.0. The number of aromatic nitrogens is 2. The van der Waals surface area contributed by atoms with Crippen LogP contribution in [0.15, 0.2) is 34.9 Å². The normalized spacial score (nSPS) is 12.6. The third-order valence-electron chi connectivity index (χ3n) is 3.03. The fourth-order valence-corrected chi connectivity index (χ4v) is 2.70. The van der Waals surface area contributed by atoms with Gasteiger partial charge in [0.05, 0.1) is 22.4 Å². The standard InChI is InChI=1S/C14H17BrFN3/c1-3-17-13(10-7-5-6-8-12(10)16)14-11(15)9-18-19(14)4-2/h5-9,13,17H,3-4H2,1-2H3. The Bertz CT molecular complexity index is 553. The van der Waals surface area contributed by atoms with Gasteiger partial charge in [0.1, 0.15) is 5.82 Å². The summed E-state index contributed by atoms with van der Waals surface area (Å²) in [4.78, 5) is 0. The predicted molar refractivity (Wildman–Crippen MR) is 77.5 cm³/mol. The molecule has 1 aromatic carbocycles. The Labute approximate surface area is 121 Å². The van der Waals surface area contributed by atoms with Gasteiger partial charge in [0, 0.05) is 12.1 Å². The number of aryl methyl sites for hydroxylation is 1. The summed E-state index contributed by atoms with van der Waals surface area (Å²) in [5.41, 5.74) is 1.59. The first-order chi connectivity index (χ1) is 9.19. The molecule has 0 spiro atoms. The van der Waals surface area contributed by atoms with Gasteiger partial charge in [0.25, 0.3) is 0 Å². The van der Waals surface area contributed by atoms with Crippen LogP contribution in [0.4, 0.5) is 4.39 Å². The van der Waals surface area contributed by atoms with Crippen molar-refractivity contribution in [1.29, 1.82) is 0 Å². The fourth-order valence-electron chi connectivity index (χ4n) is 2.18. The van der Waals surface area contributed by atoms with Crippen molar-refractivity contribution in [3.63, 3.8) is 0 Å². The highest BCUT2D eigenvalue weighted by Crippen LogP contribution is 2.29. The van der Waals surface area contributed by atoms with Crippen molar-refractivity contribution in [2.24, 2.45) is 0 Å². The largest absolute Gasteiger partial charge is 0.305 e. The first-order valence-electron chi connectivity index (χ1n) is 6.38.